The van der Waals surface area contributed by atoms with Gasteiger partial charge in [-0.15, -0.1) is 0 Å². The van der Waals surface area contributed by atoms with Crippen LogP contribution in [0.3, 0.4) is 0 Å². The van der Waals surface area contributed by atoms with Gasteiger partial charge < -0.3 is 10.5 Å². The molecule has 0 spiro atoms. The second kappa shape index (κ2) is 6.53. The van der Waals surface area contributed by atoms with Gasteiger partial charge in [-0.05, 0) is 46.0 Å². The average molecular weight is 363 g/mol. The molecule has 1 aromatic rings. The Labute approximate surface area is 128 Å². The summed E-state index contributed by atoms with van der Waals surface area (Å²) in [5, 5.41) is 0. The quantitative estimate of drug-likeness (QED) is 0.862. The monoisotopic (exact) mass is 362 g/mol. The molecule has 20 heavy (non-hydrogen) atoms. The second-order valence-corrected chi connectivity index (χ2v) is 7.70. The topological polar surface area (TPSA) is 72.6 Å². The molecule has 0 radical (unpaired) electrons. The Bertz CT molecular complexity index is 577. The van der Waals surface area contributed by atoms with Crippen molar-refractivity contribution in [3.8, 4) is 0 Å². The van der Waals surface area contributed by atoms with E-state index in [9.17, 15) is 8.42 Å². The normalized spacial score (nSPS) is 20.4. The van der Waals surface area contributed by atoms with Crippen molar-refractivity contribution in [1.29, 1.82) is 0 Å². The third-order valence-electron chi connectivity index (χ3n) is 3.50. The van der Waals surface area contributed by atoms with E-state index in [1.54, 1.807) is 19.2 Å². The van der Waals surface area contributed by atoms with Crippen LogP contribution in [0.1, 0.15) is 12.0 Å². The van der Waals surface area contributed by atoms with Crippen molar-refractivity contribution in [2.24, 2.45) is 11.7 Å². The predicted octanol–water partition coefficient (Wildman–Crippen LogP) is 1.56. The molecule has 112 valence electrons. The Balaban J connectivity index is 2.27. The molecule has 1 aliphatic rings. The molecule has 1 unspecified atom stereocenters. The van der Waals surface area contributed by atoms with Gasteiger partial charge >= 0.3 is 0 Å². The fraction of sp³-hybridized carbons (Fsp3) is 0.538. The van der Waals surface area contributed by atoms with E-state index >= 15 is 0 Å². The van der Waals surface area contributed by atoms with Crippen molar-refractivity contribution >= 4 is 26.0 Å². The first-order valence-electron chi connectivity index (χ1n) is 6.46. The fourth-order valence-electron chi connectivity index (χ4n) is 2.40. The molecule has 1 fully saturated rings. The molecular weight excluding hydrogens is 344 g/mol. The Kier molecular flexibility index (Phi) is 5.19. The van der Waals surface area contributed by atoms with Crippen LogP contribution in [-0.2, 0) is 21.3 Å². The number of nitrogens with two attached hydrogens (primary N) is 1. The zero-order chi connectivity index (χ0) is 14.8. The molecule has 1 aliphatic heterocycles. The fourth-order valence-corrected chi connectivity index (χ4v) is 4.90. The average Bonchev–Trinajstić information content (AvgIpc) is 2.89. The zero-order valence-electron chi connectivity index (χ0n) is 11.4. The summed E-state index contributed by atoms with van der Waals surface area (Å²) in [6, 6.07) is 5.20. The molecule has 5 nitrogen and oxygen atoms in total. The van der Waals surface area contributed by atoms with E-state index in [0.717, 1.165) is 12.0 Å². The molecule has 0 aromatic heterocycles. The summed E-state index contributed by atoms with van der Waals surface area (Å²) >= 11 is 3.32. The zero-order valence-corrected chi connectivity index (χ0v) is 13.8. The maximum absolute atomic E-state index is 12.7. The van der Waals surface area contributed by atoms with Gasteiger partial charge in [-0.3, -0.25) is 0 Å². The minimum absolute atomic E-state index is 0.270. The Morgan fingerprint density at radius 1 is 1.50 bits per heavy atom. The van der Waals surface area contributed by atoms with E-state index in [2.05, 4.69) is 15.9 Å². The van der Waals surface area contributed by atoms with Crippen LogP contribution in [-0.4, -0.2) is 39.5 Å². The minimum atomic E-state index is -3.48. The van der Waals surface area contributed by atoms with Crippen LogP contribution in [0.2, 0.25) is 0 Å². The molecule has 2 rings (SSSR count). The van der Waals surface area contributed by atoms with Crippen molar-refractivity contribution in [3.05, 3.63) is 28.2 Å². The van der Waals surface area contributed by atoms with Gasteiger partial charge in [0.25, 0.3) is 0 Å². The number of benzene rings is 1. The maximum Gasteiger partial charge on any atom is 0.244 e. The van der Waals surface area contributed by atoms with E-state index in [4.69, 9.17) is 10.5 Å². The molecule has 1 saturated heterocycles. The van der Waals surface area contributed by atoms with Crippen LogP contribution in [0.25, 0.3) is 0 Å². The van der Waals surface area contributed by atoms with Gasteiger partial charge in [0, 0.05) is 31.2 Å². The van der Waals surface area contributed by atoms with Gasteiger partial charge in [-0.1, -0.05) is 6.07 Å². The first-order valence-corrected chi connectivity index (χ1v) is 8.70. The Morgan fingerprint density at radius 2 is 2.25 bits per heavy atom. The third kappa shape index (κ3) is 3.23. The van der Waals surface area contributed by atoms with Crippen molar-refractivity contribution in [1.82, 2.24) is 4.31 Å². The van der Waals surface area contributed by atoms with E-state index in [-0.39, 0.29) is 5.92 Å². The number of rotatable bonds is 5. The van der Waals surface area contributed by atoms with E-state index in [1.165, 1.54) is 4.31 Å². The van der Waals surface area contributed by atoms with Gasteiger partial charge in [-0.2, -0.15) is 4.31 Å². The lowest BCUT2D eigenvalue weighted by Gasteiger charge is -2.18. The summed E-state index contributed by atoms with van der Waals surface area (Å²) in [6.07, 6.45) is 0.835. The first kappa shape index (κ1) is 15.9. The second-order valence-electron chi connectivity index (χ2n) is 4.94. The summed E-state index contributed by atoms with van der Waals surface area (Å²) in [7, 11) is -1.84. The molecule has 1 heterocycles. The summed E-state index contributed by atoms with van der Waals surface area (Å²) in [5.74, 6) is 0.270. The van der Waals surface area contributed by atoms with Crippen molar-refractivity contribution < 1.29 is 13.2 Å². The molecular formula is C13H19BrN2O3S. The largest absolute Gasteiger partial charge is 0.384 e. The van der Waals surface area contributed by atoms with Crippen LogP contribution < -0.4 is 5.73 Å². The van der Waals surface area contributed by atoms with Gasteiger partial charge in [0.1, 0.15) is 0 Å². The SMILES string of the molecule is COCC1CCN(S(=O)(=O)c2cc(CN)ccc2Br)C1. The van der Waals surface area contributed by atoms with Crippen molar-refractivity contribution in [3.63, 3.8) is 0 Å². The van der Waals surface area contributed by atoms with Crippen molar-refractivity contribution in [2.75, 3.05) is 26.8 Å². The molecule has 0 saturated carbocycles. The maximum atomic E-state index is 12.7. The highest BCUT2D eigenvalue weighted by Gasteiger charge is 2.33. The standard InChI is InChI=1S/C13H19BrN2O3S/c1-19-9-11-4-5-16(8-11)20(17,18)13-6-10(7-15)2-3-12(13)14/h2-3,6,11H,4-5,7-9,15H2,1H3. The minimum Gasteiger partial charge on any atom is -0.384 e. The van der Waals surface area contributed by atoms with Gasteiger partial charge in [-0.25, -0.2) is 8.42 Å². The molecule has 0 bridgehead atoms. The summed E-state index contributed by atoms with van der Waals surface area (Å²) in [5.41, 5.74) is 6.39. The van der Waals surface area contributed by atoms with E-state index in [0.29, 0.717) is 35.6 Å². The lowest BCUT2D eigenvalue weighted by Crippen LogP contribution is -2.29. The highest BCUT2D eigenvalue weighted by molar-refractivity contribution is 9.10. The molecule has 1 atom stereocenters. The summed E-state index contributed by atoms with van der Waals surface area (Å²) in [6.45, 7) is 1.96. The highest BCUT2D eigenvalue weighted by Crippen LogP contribution is 2.29. The molecule has 2 N–H and O–H groups in total. The van der Waals surface area contributed by atoms with Crippen LogP contribution in [0.5, 0.6) is 0 Å². The van der Waals surface area contributed by atoms with Crippen LogP contribution in [0, 0.1) is 5.92 Å². The molecule has 7 heteroatoms. The predicted molar refractivity (Wildman–Crippen MR) is 80.8 cm³/mol. The smallest absolute Gasteiger partial charge is 0.244 e. The Hall–Kier alpha value is -0.470. The molecule has 1 aromatic carbocycles. The third-order valence-corrected chi connectivity index (χ3v) is 6.36. The van der Waals surface area contributed by atoms with Crippen LogP contribution in [0.15, 0.2) is 27.6 Å². The van der Waals surface area contributed by atoms with Gasteiger partial charge in [0.05, 0.1) is 11.5 Å². The summed E-state index contributed by atoms with van der Waals surface area (Å²) in [4.78, 5) is 0.290. The number of hydrogen-bond donors (Lipinski definition) is 1. The number of methoxy groups -OCH3 is 1. The number of hydrogen-bond acceptors (Lipinski definition) is 4. The molecule has 0 amide bonds. The van der Waals surface area contributed by atoms with Crippen LogP contribution in [0.4, 0.5) is 0 Å². The lowest BCUT2D eigenvalue weighted by molar-refractivity contribution is 0.157. The van der Waals surface area contributed by atoms with Crippen molar-refractivity contribution in [2.45, 2.75) is 17.9 Å². The van der Waals surface area contributed by atoms with E-state index < -0.39 is 10.0 Å². The number of nitrogens with zero attached hydrogens (tertiary/aromatic N) is 1. The number of ether oxygens (including phenoxy) is 1. The molecule has 0 aliphatic carbocycles. The van der Waals surface area contributed by atoms with Crippen LogP contribution >= 0.6 is 15.9 Å². The Morgan fingerprint density at radius 3 is 2.90 bits per heavy atom. The highest BCUT2D eigenvalue weighted by atomic mass is 79.9. The van der Waals surface area contributed by atoms with Gasteiger partial charge in [0.15, 0.2) is 0 Å². The summed E-state index contributed by atoms with van der Waals surface area (Å²) < 4.78 is 32.6. The first-order chi connectivity index (χ1) is 9.48. The van der Waals surface area contributed by atoms with E-state index in [1.807, 2.05) is 6.07 Å². The van der Waals surface area contributed by atoms with Gasteiger partial charge in [0.2, 0.25) is 10.0 Å². The lowest BCUT2D eigenvalue weighted by atomic mass is 10.1. The number of sulfonamides is 1. The number of halogens is 1.